The number of carbonyl (C=O) groups excluding carboxylic acids is 1. The quantitative estimate of drug-likeness (QED) is 0.279. The molecule has 0 saturated carbocycles. The third-order valence-electron chi connectivity index (χ3n) is 5.36. The van der Waals surface area contributed by atoms with Crippen molar-refractivity contribution in [2.24, 2.45) is 0 Å². The van der Waals surface area contributed by atoms with Crippen LogP contribution in [0.5, 0.6) is 11.5 Å². The van der Waals surface area contributed by atoms with Crippen LogP contribution < -0.4 is 14.8 Å². The number of ether oxygens (including phenoxy) is 2. The number of methoxy groups -OCH3 is 1. The summed E-state index contributed by atoms with van der Waals surface area (Å²) in [6, 6.07) is 26.8. The summed E-state index contributed by atoms with van der Waals surface area (Å²) in [6.07, 6.45) is 0.208. The van der Waals surface area contributed by atoms with E-state index in [0.717, 1.165) is 11.4 Å². The molecule has 0 aliphatic rings. The lowest BCUT2D eigenvalue weighted by Gasteiger charge is -2.19. The van der Waals surface area contributed by atoms with Gasteiger partial charge in [-0.2, -0.15) is 0 Å². The Labute approximate surface area is 209 Å². The van der Waals surface area contributed by atoms with Crippen molar-refractivity contribution in [1.82, 2.24) is 14.8 Å². The molecule has 2 atom stereocenters. The molecule has 1 amide bonds. The number of hydrogen-bond acceptors (Lipinski definition) is 6. The molecular formula is C27H28N4O3S. The number of carbonyl (C=O) groups is 1. The zero-order valence-corrected chi connectivity index (χ0v) is 20.7. The summed E-state index contributed by atoms with van der Waals surface area (Å²) in [6.45, 7) is 3.91. The third-order valence-corrected chi connectivity index (χ3v) is 6.67. The SMILES string of the molecule is CCC(Sc1nnc(C(C)Oc2ccccc2OC)n1-c1ccccc1)C(=O)Nc1ccccc1. The summed E-state index contributed by atoms with van der Waals surface area (Å²) in [5.74, 6) is 1.81. The number of amides is 1. The van der Waals surface area contributed by atoms with Crippen molar-refractivity contribution in [3.8, 4) is 17.2 Å². The van der Waals surface area contributed by atoms with Crippen LogP contribution in [0.15, 0.2) is 90.1 Å². The molecule has 0 bridgehead atoms. The second-order valence-electron chi connectivity index (χ2n) is 7.79. The number of nitrogens with zero attached hydrogens (tertiary/aromatic N) is 3. The van der Waals surface area contributed by atoms with Crippen molar-refractivity contribution in [2.45, 2.75) is 36.8 Å². The van der Waals surface area contributed by atoms with Crippen LogP contribution in [0.1, 0.15) is 32.2 Å². The van der Waals surface area contributed by atoms with Crippen molar-refractivity contribution in [1.29, 1.82) is 0 Å². The zero-order valence-electron chi connectivity index (χ0n) is 19.9. The smallest absolute Gasteiger partial charge is 0.237 e. The van der Waals surface area contributed by atoms with Gasteiger partial charge in [0.1, 0.15) is 0 Å². The second-order valence-corrected chi connectivity index (χ2v) is 8.96. The normalized spacial score (nSPS) is 12.5. The highest BCUT2D eigenvalue weighted by Crippen LogP contribution is 2.34. The first-order valence-electron chi connectivity index (χ1n) is 11.4. The summed E-state index contributed by atoms with van der Waals surface area (Å²) < 4.78 is 13.6. The maximum absolute atomic E-state index is 13.0. The molecule has 1 aromatic heterocycles. The van der Waals surface area contributed by atoms with Crippen LogP contribution in [0.3, 0.4) is 0 Å². The Bertz CT molecular complexity index is 1250. The molecule has 0 saturated heterocycles. The van der Waals surface area contributed by atoms with Crippen LogP contribution in [-0.2, 0) is 4.79 Å². The molecule has 1 heterocycles. The van der Waals surface area contributed by atoms with E-state index in [1.165, 1.54) is 11.8 Å². The minimum Gasteiger partial charge on any atom is -0.493 e. The maximum Gasteiger partial charge on any atom is 0.237 e. The number of benzene rings is 3. The summed E-state index contributed by atoms with van der Waals surface area (Å²) in [5.41, 5.74) is 1.66. The molecule has 0 spiro atoms. The van der Waals surface area contributed by atoms with E-state index >= 15 is 0 Å². The van der Waals surface area contributed by atoms with E-state index in [1.54, 1.807) is 7.11 Å². The van der Waals surface area contributed by atoms with Crippen LogP contribution in [0.2, 0.25) is 0 Å². The van der Waals surface area contributed by atoms with E-state index in [1.807, 2.05) is 103 Å². The van der Waals surface area contributed by atoms with Gasteiger partial charge in [-0.05, 0) is 49.7 Å². The fourth-order valence-corrected chi connectivity index (χ4v) is 4.57. The van der Waals surface area contributed by atoms with E-state index in [4.69, 9.17) is 9.47 Å². The molecule has 180 valence electrons. The lowest BCUT2D eigenvalue weighted by Crippen LogP contribution is -2.25. The molecule has 0 aliphatic heterocycles. The largest absolute Gasteiger partial charge is 0.493 e. The van der Waals surface area contributed by atoms with Crippen molar-refractivity contribution >= 4 is 23.4 Å². The van der Waals surface area contributed by atoms with Crippen molar-refractivity contribution in [3.63, 3.8) is 0 Å². The van der Waals surface area contributed by atoms with E-state index in [2.05, 4.69) is 15.5 Å². The van der Waals surface area contributed by atoms with E-state index < -0.39 is 6.10 Å². The second kappa shape index (κ2) is 11.6. The van der Waals surface area contributed by atoms with Gasteiger partial charge < -0.3 is 14.8 Å². The van der Waals surface area contributed by atoms with E-state index in [0.29, 0.717) is 28.9 Å². The number of anilines is 1. The molecule has 4 aromatic rings. The van der Waals surface area contributed by atoms with E-state index in [-0.39, 0.29) is 11.2 Å². The summed E-state index contributed by atoms with van der Waals surface area (Å²) >= 11 is 1.39. The summed E-state index contributed by atoms with van der Waals surface area (Å²) in [5, 5.41) is 12.2. The predicted molar refractivity (Wildman–Crippen MR) is 138 cm³/mol. The minimum absolute atomic E-state index is 0.0776. The first-order chi connectivity index (χ1) is 17.1. The van der Waals surface area contributed by atoms with Gasteiger partial charge in [0.05, 0.1) is 12.4 Å². The van der Waals surface area contributed by atoms with Gasteiger partial charge in [0.2, 0.25) is 5.91 Å². The predicted octanol–water partition coefficient (Wildman–Crippen LogP) is 5.93. The average molecular weight is 489 g/mol. The third kappa shape index (κ3) is 5.84. The minimum atomic E-state index is -0.424. The highest BCUT2D eigenvalue weighted by molar-refractivity contribution is 8.00. The number of hydrogen-bond donors (Lipinski definition) is 1. The van der Waals surface area contributed by atoms with Gasteiger partial charge in [-0.1, -0.05) is 67.2 Å². The van der Waals surface area contributed by atoms with Crippen molar-refractivity contribution in [2.75, 3.05) is 12.4 Å². The zero-order chi connectivity index (χ0) is 24.6. The molecule has 7 nitrogen and oxygen atoms in total. The van der Waals surface area contributed by atoms with Crippen LogP contribution >= 0.6 is 11.8 Å². The Hall–Kier alpha value is -3.78. The molecule has 2 unspecified atom stereocenters. The Balaban J connectivity index is 1.63. The molecule has 8 heteroatoms. The number of rotatable bonds is 10. The van der Waals surface area contributed by atoms with Crippen molar-refractivity contribution in [3.05, 3.63) is 90.8 Å². The van der Waals surface area contributed by atoms with Crippen LogP contribution in [-0.4, -0.2) is 33.0 Å². The molecule has 0 aliphatic carbocycles. The van der Waals surface area contributed by atoms with Gasteiger partial charge in [-0.3, -0.25) is 9.36 Å². The number of aromatic nitrogens is 3. The Morgan fingerprint density at radius 3 is 2.23 bits per heavy atom. The fourth-order valence-electron chi connectivity index (χ4n) is 3.59. The van der Waals surface area contributed by atoms with Gasteiger partial charge in [0.25, 0.3) is 0 Å². The maximum atomic E-state index is 13.0. The average Bonchev–Trinajstić information content (AvgIpc) is 3.32. The topological polar surface area (TPSA) is 78.3 Å². The van der Waals surface area contributed by atoms with Crippen LogP contribution in [0, 0.1) is 0 Å². The first kappa shape index (κ1) is 24.3. The van der Waals surface area contributed by atoms with Gasteiger partial charge >= 0.3 is 0 Å². The Morgan fingerprint density at radius 1 is 0.943 bits per heavy atom. The molecule has 3 aromatic carbocycles. The first-order valence-corrected chi connectivity index (χ1v) is 12.3. The lowest BCUT2D eigenvalue weighted by atomic mass is 10.3. The van der Waals surface area contributed by atoms with Gasteiger partial charge in [0, 0.05) is 11.4 Å². The van der Waals surface area contributed by atoms with E-state index in [9.17, 15) is 4.79 Å². The number of nitrogens with one attached hydrogen (secondary N) is 1. The fraction of sp³-hybridized carbons (Fsp3) is 0.222. The van der Waals surface area contributed by atoms with Crippen LogP contribution in [0.4, 0.5) is 5.69 Å². The molecule has 1 N–H and O–H groups in total. The highest BCUT2D eigenvalue weighted by atomic mass is 32.2. The highest BCUT2D eigenvalue weighted by Gasteiger charge is 2.26. The van der Waals surface area contributed by atoms with Crippen LogP contribution in [0.25, 0.3) is 5.69 Å². The molecule has 0 radical (unpaired) electrons. The Kier molecular flexibility index (Phi) is 8.05. The number of para-hydroxylation sites is 4. The molecule has 4 rings (SSSR count). The van der Waals surface area contributed by atoms with Gasteiger partial charge in [0.15, 0.2) is 28.6 Å². The van der Waals surface area contributed by atoms with Gasteiger partial charge in [-0.15, -0.1) is 10.2 Å². The lowest BCUT2D eigenvalue weighted by molar-refractivity contribution is -0.115. The number of thioether (sulfide) groups is 1. The summed E-state index contributed by atoms with van der Waals surface area (Å²) in [7, 11) is 1.61. The molecule has 0 fully saturated rings. The van der Waals surface area contributed by atoms with Gasteiger partial charge in [-0.25, -0.2) is 0 Å². The monoisotopic (exact) mass is 488 g/mol. The standard InChI is InChI=1S/C27H28N4O3S/c1-4-24(26(32)28-20-13-7-5-8-14-20)35-27-30-29-25(31(27)21-15-9-6-10-16-21)19(2)34-23-18-12-11-17-22(23)33-3/h5-19,24H,4H2,1-3H3,(H,28,32). The summed E-state index contributed by atoms with van der Waals surface area (Å²) in [4.78, 5) is 13.0. The Morgan fingerprint density at radius 2 is 1.57 bits per heavy atom. The molecular weight excluding hydrogens is 460 g/mol. The molecule has 35 heavy (non-hydrogen) atoms. The van der Waals surface area contributed by atoms with Crippen molar-refractivity contribution < 1.29 is 14.3 Å².